The molecule has 6 nitrogen and oxygen atoms in total. The van der Waals surface area contributed by atoms with E-state index in [9.17, 15) is 9.59 Å². The quantitative estimate of drug-likeness (QED) is 0.836. The molecule has 2 saturated heterocycles. The SMILES string of the molecule is NC1CN(C(=O)[C@@H]2CCN(C(=O)c3cc4c(Cl)c(Cl)ccc4[nH]3)C2)C1. The second-order valence-corrected chi connectivity index (χ2v) is 7.53. The van der Waals surface area contributed by atoms with Gasteiger partial charge in [-0.2, -0.15) is 0 Å². The summed E-state index contributed by atoms with van der Waals surface area (Å²) >= 11 is 12.2. The molecule has 0 saturated carbocycles. The number of likely N-dealkylation sites (tertiary alicyclic amines) is 2. The molecule has 3 N–H and O–H groups in total. The standard InChI is InChI=1S/C17H18Cl2N4O2/c18-12-1-2-13-11(15(12)19)5-14(21-13)17(25)22-4-3-9(6-22)16(24)23-7-10(20)8-23/h1-2,5,9-10,21H,3-4,6-8,20H2/t9-/m1/s1. The molecular formula is C17H18Cl2N4O2. The first-order chi connectivity index (χ1) is 11.9. The first-order valence-electron chi connectivity index (χ1n) is 8.24. The molecule has 25 heavy (non-hydrogen) atoms. The molecule has 2 aromatic rings. The highest BCUT2D eigenvalue weighted by atomic mass is 35.5. The molecule has 8 heteroatoms. The van der Waals surface area contributed by atoms with Gasteiger partial charge in [0.05, 0.1) is 16.0 Å². The number of aromatic amines is 1. The third kappa shape index (κ3) is 2.88. The van der Waals surface area contributed by atoms with Gasteiger partial charge in [-0.3, -0.25) is 9.59 Å². The van der Waals surface area contributed by atoms with Crippen molar-refractivity contribution in [2.24, 2.45) is 11.7 Å². The van der Waals surface area contributed by atoms with Gasteiger partial charge in [-0.1, -0.05) is 23.2 Å². The molecule has 0 spiro atoms. The lowest BCUT2D eigenvalue weighted by molar-refractivity contribution is -0.139. The van der Waals surface area contributed by atoms with Gasteiger partial charge in [-0.25, -0.2) is 0 Å². The van der Waals surface area contributed by atoms with Gasteiger partial charge >= 0.3 is 0 Å². The maximum atomic E-state index is 12.8. The molecule has 0 radical (unpaired) electrons. The number of H-pyrrole nitrogens is 1. The molecule has 0 unspecified atom stereocenters. The molecule has 0 bridgehead atoms. The van der Waals surface area contributed by atoms with Crippen LogP contribution in [0, 0.1) is 5.92 Å². The number of halogens is 2. The van der Waals surface area contributed by atoms with Crippen LogP contribution >= 0.6 is 23.2 Å². The number of nitrogens with zero attached hydrogens (tertiary/aromatic N) is 2. The molecule has 1 atom stereocenters. The van der Waals surface area contributed by atoms with Crippen molar-refractivity contribution < 1.29 is 9.59 Å². The molecular weight excluding hydrogens is 363 g/mol. The van der Waals surface area contributed by atoms with E-state index in [1.54, 1.807) is 28.0 Å². The van der Waals surface area contributed by atoms with E-state index in [-0.39, 0.29) is 23.8 Å². The monoisotopic (exact) mass is 380 g/mol. The highest BCUT2D eigenvalue weighted by molar-refractivity contribution is 6.45. The molecule has 132 valence electrons. The molecule has 1 aromatic carbocycles. The van der Waals surface area contributed by atoms with Gasteiger partial charge in [-0.05, 0) is 24.6 Å². The van der Waals surface area contributed by atoms with E-state index in [1.807, 2.05) is 0 Å². The average molecular weight is 381 g/mol. The Bertz CT molecular complexity index is 860. The summed E-state index contributed by atoms with van der Waals surface area (Å²) < 4.78 is 0. The zero-order chi connectivity index (χ0) is 17.7. The number of benzene rings is 1. The fourth-order valence-electron chi connectivity index (χ4n) is 3.52. The number of carbonyl (C=O) groups is 2. The fourth-order valence-corrected chi connectivity index (χ4v) is 3.91. The summed E-state index contributed by atoms with van der Waals surface area (Å²) in [5, 5.41) is 1.60. The van der Waals surface area contributed by atoms with E-state index in [2.05, 4.69) is 4.98 Å². The number of nitrogens with two attached hydrogens (primary N) is 1. The maximum absolute atomic E-state index is 12.8. The second-order valence-electron chi connectivity index (χ2n) is 6.75. The van der Waals surface area contributed by atoms with Crippen LogP contribution in [0.5, 0.6) is 0 Å². The predicted molar refractivity (Wildman–Crippen MR) is 96.9 cm³/mol. The van der Waals surface area contributed by atoms with Gasteiger partial charge in [-0.15, -0.1) is 0 Å². The largest absolute Gasteiger partial charge is 0.350 e. The molecule has 4 rings (SSSR count). The van der Waals surface area contributed by atoms with Crippen LogP contribution < -0.4 is 5.73 Å². The van der Waals surface area contributed by atoms with Gasteiger partial charge in [0.15, 0.2) is 0 Å². The Balaban J connectivity index is 1.48. The Labute approximate surface area is 154 Å². The van der Waals surface area contributed by atoms with Crippen molar-refractivity contribution in [2.75, 3.05) is 26.2 Å². The van der Waals surface area contributed by atoms with E-state index in [4.69, 9.17) is 28.9 Å². The van der Waals surface area contributed by atoms with Crippen molar-refractivity contribution in [2.45, 2.75) is 12.5 Å². The first kappa shape index (κ1) is 16.7. The van der Waals surface area contributed by atoms with E-state index >= 15 is 0 Å². The van der Waals surface area contributed by atoms with Gasteiger partial charge < -0.3 is 20.5 Å². The first-order valence-corrected chi connectivity index (χ1v) is 9.00. The van der Waals surface area contributed by atoms with Crippen LogP contribution in [-0.2, 0) is 4.79 Å². The third-order valence-corrected chi connectivity index (χ3v) is 5.79. The maximum Gasteiger partial charge on any atom is 0.270 e. The average Bonchev–Trinajstić information content (AvgIpc) is 3.21. The van der Waals surface area contributed by atoms with Gasteiger partial charge in [0.25, 0.3) is 5.91 Å². The minimum Gasteiger partial charge on any atom is -0.350 e. The van der Waals surface area contributed by atoms with Crippen molar-refractivity contribution in [3.05, 3.63) is 33.9 Å². The third-order valence-electron chi connectivity index (χ3n) is 4.97. The number of amides is 2. The van der Waals surface area contributed by atoms with Gasteiger partial charge in [0.1, 0.15) is 5.69 Å². The van der Waals surface area contributed by atoms with Crippen LogP contribution in [0.3, 0.4) is 0 Å². The highest BCUT2D eigenvalue weighted by Gasteiger charge is 2.37. The van der Waals surface area contributed by atoms with Crippen molar-refractivity contribution in [1.82, 2.24) is 14.8 Å². The summed E-state index contributed by atoms with van der Waals surface area (Å²) in [5.41, 5.74) is 6.95. The van der Waals surface area contributed by atoms with E-state index < -0.39 is 0 Å². The van der Waals surface area contributed by atoms with E-state index in [0.717, 1.165) is 10.9 Å². The van der Waals surface area contributed by atoms with Crippen LogP contribution in [0.2, 0.25) is 10.0 Å². The lowest BCUT2D eigenvalue weighted by Gasteiger charge is -2.38. The fraction of sp³-hybridized carbons (Fsp3) is 0.412. The summed E-state index contributed by atoms with van der Waals surface area (Å²) in [6.45, 7) is 2.24. The molecule has 2 fully saturated rings. The second kappa shape index (κ2) is 6.20. The molecule has 2 amide bonds. The Morgan fingerprint density at radius 3 is 2.64 bits per heavy atom. The Morgan fingerprint density at radius 1 is 1.16 bits per heavy atom. The van der Waals surface area contributed by atoms with Crippen LogP contribution in [0.25, 0.3) is 10.9 Å². The van der Waals surface area contributed by atoms with Gasteiger partial charge in [0, 0.05) is 43.1 Å². The number of hydrogen-bond donors (Lipinski definition) is 2. The zero-order valence-corrected chi connectivity index (χ0v) is 15.0. The summed E-state index contributed by atoms with van der Waals surface area (Å²) in [6, 6.07) is 5.30. The number of carbonyl (C=O) groups excluding carboxylic acids is 2. The lowest BCUT2D eigenvalue weighted by Crippen LogP contribution is -2.59. The van der Waals surface area contributed by atoms with Crippen molar-refractivity contribution in [3.63, 3.8) is 0 Å². The molecule has 0 aliphatic carbocycles. The van der Waals surface area contributed by atoms with E-state index in [1.165, 1.54) is 0 Å². The molecule has 2 aliphatic rings. The van der Waals surface area contributed by atoms with Crippen molar-refractivity contribution in [1.29, 1.82) is 0 Å². The van der Waals surface area contributed by atoms with Crippen molar-refractivity contribution in [3.8, 4) is 0 Å². The summed E-state index contributed by atoms with van der Waals surface area (Å²) in [4.78, 5) is 31.7. The molecule has 2 aliphatic heterocycles. The summed E-state index contributed by atoms with van der Waals surface area (Å²) in [5.74, 6) is -0.165. The number of nitrogens with one attached hydrogen (secondary N) is 1. The minimum absolute atomic E-state index is 0.0889. The zero-order valence-electron chi connectivity index (χ0n) is 13.5. The number of fused-ring (bicyclic) bond motifs is 1. The topological polar surface area (TPSA) is 82.4 Å². The normalized spacial score (nSPS) is 21.0. The summed E-state index contributed by atoms with van der Waals surface area (Å²) in [6.07, 6.45) is 0.684. The summed E-state index contributed by atoms with van der Waals surface area (Å²) in [7, 11) is 0. The Morgan fingerprint density at radius 2 is 1.92 bits per heavy atom. The molecule has 3 heterocycles. The number of aromatic nitrogens is 1. The minimum atomic E-state index is -0.140. The Kier molecular flexibility index (Phi) is 4.14. The predicted octanol–water partition coefficient (Wildman–Crippen LogP) is 2.11. The smallest absolute Gasteiger partial charge is 0.270 e. The van der Waals surface area contributed by atoms with Crippen LogP contribution in [0.1, 0.15) is 16.9 Å². The van der Waals surface area contributed by atoms with Crippen LogP contribution in [0.15, 0.2) is 18.2 Å². The highest BCUT2D eigenvalue weighted by Crippen LogP contribution is 2.32. The van der Waals surface area contributed by atoms with E-state index in [0.29, 0.717) is 48.3 Å². The number of rotatable bonds is 2. The van der Waals surface area contributed by atoms with Crippen molar-refractivity contribution >= 4 is 45.9 Å². The number of hydrogen-bond acceptors (Lipinski definition) is 3. The van der Waals surface area contributed by atoms with Gasteiger partial charge in [0.2, 0.25) is 5.91 Å². The van der Waals surface area contributed by atoms with Crippen LogP contribution in [-0.4, -0.2) is 58.8 Å². The Hall–Kier alpha value is -1.76. The van der Waals surface area contributed by atoms with Crippen LogP contribution in [0.4, 0.5) is 0 Å². The molecule has 1 aromatic heterocycles. The lowest BCUT2D eigenvalue weighted by atomic mass is 10.0.